The van der Waals surface area contributed by atoms with Crippen molar-refractivity contribution in [2.75, 3.05) is 78.9 Å². The van der Waals surface area contributed by atoms with Crippen molar-refractivity contribution < 1.29 is 38.0 Å². The van der Waals surface area contributed by atoms with Crippen molar-refractivity contribution in [3.8, 4) is 0 Å². The van der Waals surface area contributed by atoms with Crippen LogP contribution in [0.3, 0.4) is 0 Å². The number of ether oxygens (including phenoxy) is 6. The van der Waals surface area contributed by atoms with E-state index >= 15 is 4.79 Å². The Balaban J connectivity index is 1.25. The van der Waals surface area contributed by atoms with E-state index in [0.29, 0.717) is 90.0 Å². The molecule has 6 fully saturated rings. The number of carbonyl (C=O) groups excluding carboxylic acids is 2. The zero-order valence-electron chi connectivity index (χ0n) is 26.8. The lowest BCUT2D eigenvalue weighted by atomic mass is 10.0. The molecule has 0 N–H and O–H groups in total. The van der Waals surface area contributed by atoms with Gasteiger partial charge in [-0.05, 0) is 53.7 Å². The van der Waals surface area contributed by atoms with Crippen molar-refractivity contribution in [1.29, 1.82) is 0 Å². The molecular weight excluding hydrogens is 568 g/mol. The Labute approximate surface area is 259 Å². The summed E-state index contributed by atoms with van der Waals surface area (Å²) in [5, 5.41) is 5.81. The number of epoxide rings is 6. The molecule has 2 amide bonds. The number of nitrogens with zero attached hydrogens (tertiary/aromatic N) is 4. The maximum Gasteiger partial charge on any atom is 0.283 e. The summed E-state index contributed by atoms with van der Waals surface area (Å²) >= 11 is 0. The Morgan fingerprint density at radius 1 is 0.523 bits per heavy atom. The number of benzene rings is 1. The fraction of sp³-hybridized carbons (Fsp3) is 0.750. The average Bonchev–Trinajstić information content (AvgIpc) is 3.73. The lowest BCUT2D eigenvalue weighted by Gasteiger charge is -2.44. The Kier molecular flexibility index (Phi) is 7.05. The van der Waals surface area contributed by atoms with Gasteiger partial charge in [-0.3, -0.25) is 9.59 Å². The zero-order valence-corrected chi connectivity index (χ0v) is 26.8. The molecule has 0 radical (unpaired) electrons. The first-order valence-electron chi connectivity index (χ1n) is 15.7. The van der Waals surface area contributed by atoms with Crippen molar-refractivity contribution >= 4 is 11.8 Å². The van der Waals surface area contributed by atoms with Gasteiger partial charge in [-0.1, -0.05) is 12.1 Å². The summed E-state index contributed by atoms with van der Waals surface area (Å²) in [6, 6.07) is 7.11. The van der Waals surface area contributed by atoms with Gasteiger partial charge in [-0.25, -0.2) is 0 Å². The SMILES string of the molecule is CC1(CN(CC2(C)CO2)C(=O)c2ccccc2C(=O)N(N(CC2(C)CO2)CC2(C)CO2)N(CC2(C)CO2)CC2(C)CO2)CO1. The lowest BCUT2D eigenvalue weighted by molar-refractivity contribution is -0.169. The van der Waals surface area contributed by atoms with E-state index in [1.807, 2.05) is 36.0 Å². The Bertz CT molecular complexity index is 1210. The van der Waals surface area contributed by atoms with Gasteiger partial charge in [-0.15, -0.1) is 0 Å². The van der Waals surface area contributed by atoms with Gasteiger partial charge in [0, 0.05) is 0 Å². The second-order valence-electron chi connectivity index (χ2n) is 15.4. The molecular formula is C32H46N4O8. The van der Waals surface area contributed by atoms with Crippen LogP contribution in [0.1, 0.15) is 62.3 Å². The third-order valence-electron chi connectivity index (χ3n) is 9.33. The minimum absolute atomic E-state index is 0.217. The molecule has 7 rings (SSSR count). The van der Waals surface area contributed by atoms with Crippen molar-refractivity contribution in [3.05, 3.63) is 35.4 Å². The van der Waals surface area contributed by atoms with Gasteiger partial charge < -0.3 is 33.3 Å². The average molecular weight is 615 g/mol. The van der Waals surface area contributed by atoms with Crippen LogP contribution in [0.4, 0.5) is 0 Å². The molecule has 1 aromatic rings. The van der Waals surface area contributed by atoms with Crippen LogP contribution in [-0.2, 0) is 28.4 Å². The fourth-order valence-corrected chi connectivity index (χ4v) is 5.79. The molecule has 6 aliphatic rings. The van der Waals surface area contributed by atoms with Gasteiger partial charge in [0.25, 0.3) is 11.8 Å². The highest BCUT2D eigenvalue weighted by Gasteiger charge is 2.53. The van der Waals surface area contributed by atoms with Crippen molar-refractivity contribution in [2.45, 2.75) is 75.1 Å². The first-order valence-corrected chi connectivity index (χ1v) is 15.7. The van der Waals surface area contributed by atoms with Crippen LogP contribution >= 0.6 is 0 Å². The number of hydrazine groups is 2. The second-order valence-corrected chi connectivity index (χ2v) is 15.4. The normalized spacial score (nSPS) is 39.3. The molecule has 242 valence electrons. The van der Waals surface area contributed by atoms with Crippen LogP contribution in [0.15, 0.2) is 24.3 Å². The zero-order chi connectivity index (χ0) is 31.2. The summed E-state index contributed by atoms with van der Waals surface area (Å²) in [7, 11) is 0. The first kappa shape index (κ1) is 30.5. The van der Waals surface area contributed by atoms with Gasteiger partial charge in [0.1, 0.15) is 33.6 Å². The summed E-state index contributed by atoms with van der Waals surface area (Å²) in [6.45, 7) is 18.6. The fourth-order valence-electron chi connectivity index (χ4n) is 5.79. The van der Waals surface area contributed by atoms with E-state index in [0.717, 1.165) is 0 Å². The van der Waals surface area contributed by atoms with Crippen LogP contribution in [0.25, 0.3) is 0 Å². The molecule has 6 atom stereocenters. The molecule has 0 saturated carbocycles. The summed E-state index contributed by atoms with van der Waals surface area (Å²) in [4.78, 5) is 31.2. The van der Waals surface area contributed by atoms with E-state index in [9.17, 15) is 4.79 Å². The van der Waals surface area contributed by atoms with Gasteiger partial charge in [0.15, 0.2) is 0 Å². The molecule has 6 aliphatic heterocycles. The van der Waals surface area contributed by atoms with Gasteiger partial charge in [0.2, 0.25) is 0 Å². The molecule has 44 heavy (non-hydrogen) atoms. The topological polar surface area (TPSA) is 122 Å². The Morgan fingerprint density at radius 3 is 1.09 bits per heavy atom. The minimum Gasteiger partial charge on any atom is -0.368 e. The number of rotatable bonds is 16. The van der Waals surface area contributed by atoms with Crippen LogP contribution in [0.5, 0.6) is 0 Å². The van der Waals surface area contributed by atoms with Gasteiger partial charge >= 0.3 is 0 Å². The molecule has 6 unspecified atom stereocenters. The van der Waals surface area contributed by atoms with Crippen molar-refractivity contribution in [2.24, 2.45) is 0 Å². The molecule has 0 aromatic heterocycles. The van der Waals surface area contributed by atoms with E-state index in [1.54, 1.807) is 22.2 Å². The van der Waals surface area contributed by atoms with E-state index in [-0.39, 0.29) is 34.2 Å². The standard InChI is InChI=1S/C32H46N4O8/c1-27(17-39-27)11-33(12-28(2)18-40-28)25(37)23-9-7-8-10-24(23)26(38)36(34(13-29(3)19-41-29)14-30(4)20-42-30)35(15-31(5)21-43-31)16-32(6)22-44-32/h7-10H,11-22H2,1-6H3. The third-order valence-corrected chi connectivity index (χ3v) is 9.33. The lowest BCUT2D eigenvalue weighted by Crippen LogP contribution is -2.62. The molecule has 6 heterocycles. The van der Waals surface area contributed by atoms with E-state index in [1.165, 1.54) is 0 Å². The predicted octanol–water partition coefficient (Wildman–Crippen LogP) is 1.74. The summed E-state index contributed by atoms with van der Waals surface area (Å²) in [5.74, 6) is -0.510. The molecule has 0 spiro atoms. The third kappa shape index (κ3) is 6.97. The summed E-state index contributed by atoms with van der Waals surface area (Å²) < 4.78 is 34.6. The van der Waals surface area contributed by atoms with Crippen molar-refractivity contribution in [3.63, 3.8) is 0 Å². The highest BCUT2D eigenvalue weighted by molar-refractivity contribution is 6.07. The number of amides is 2. The maximum atomic E-state index is 15.1. The quantitative estimate of drug-likeness (QED) is 0.201. The number of carbonyl (C=O) groups is 2. The predicted molar refractivity (Wildman–Crippen MR) is 158 cm³/mol. The van der Waals surface area contributed by atoms with Crippen LogP contribution < -0.4 is 0 Å². The smallest absolute Gasteiger partial charge is 0.283 e. The Morgan fingerprint density at radius 2 is 0.795 bits per heavy atom. The molecule has 12 heteroatoms. The van der Waals surface area contributed by atoms with Crippen LogP contribution in [-0.4, -0.2) is 144 Å². The highest BCUT2D eigenvalue weighted by atomic mass is 16.6. The van der Waals surface area contributed by atoms with Gasteiger partial charge in [0.05, 0.1) is 90.0 Å². The molecule has 1 aromatic carbocycles. The molecule has 12 nitrogen and oxygen atoms in total. The largest absolute Gasteiger partial charge is 0.368 e. The van der Waals surface area contributed by atoms with E-state index in [2.05, 4.69) is 27.7 Å². The molecule has 6 saturated heterocycles. The second kappa shape index (κ2) is 10.2. The van der Waals surface area contributed by atoms with Crippen LogP contribution in [0.2, 0.25) is 0 Å². The maximum absolute atomic E-state index is 15.1. The molecule has 0 aliphatic carbocycles. The van der Waals surface area contributed by atoms with Crippen LogP contribution in [0, 0.1) is 0 Å². The minimum atomic E-state index is -0.391. The van der Waals surface area contributed by atoms with E-state index < -0.39 is 11.2 Å². The van der Waals surface area contributed by atoms with Gasteiger partial charge in [-0.2, -0.15) is 15.1 Å². The first-order chi connectivity index (χ1) is 20.6. The summed E-state index contributed by atoms with van der Waals surface area (Å²) in [6.07, 6.45) is 0. The highest BCUT2D eigenvalue weighted by Crippen LogP contribution is 2.38. The Hall–Kier alpha value is -2.16. The number of hydrogen-bond donors (Lipinski definition) is 0. The summed E-state index contributed by atoms with van der Waals surface area (Å²) in [5.41, 5.74) is -1.66. The molecule has 0 bridgehead atoms. The monoisotopic (exact) mass is 614 g/mol. The van der Waals surface area contributed by atoms with Crippen molar-refractivity contribution in [1.82, 2.24) is 20.0 Å². The number of hydrogen-bond acceptors (Lipinski definition) is 10. The van der Waals surface area contributed by atoms with E-state index in [4.69, 9.17) is 28.4 Å².